The van der Waals surface area contributed by atoms with E-state index in [1.165, 1.54) is 5.70 Å². The van der Waals surface area contributed by atoms with E-state index in [-0.39, 0.29) is 0 Å². The maximum absolute atomic E-state index is 6.23. The van der Waals surface area contributed by atoms with Gasteiger partial charge < -0.3 is 25.0 Å². The molecule has 1 aromatic carbocycles. The normalized spacial score (nSPS) is 17.1. The first kappa shape index (κ1) is 19.4. The third kappa shape index (κ3) is 3.96. The van der Waals surface area contributed by atoms with Crippen molar-refractivity contribution in [2.45, 2.75) is 6.42 Å². The number of nitrogens with zero attached hydrogens (tertiary/aromatic N) is 4. The van der Waals surface area contributed by atoms with Gasteiger partial charge in [-0.05, 0) is 24.3 Å². The molecule has 2 heterocycles. The number of anilines is 2. The molecule has 4 rings (SSSR count). The molecular formula is C21H24ClN5O2. The van der Waals surface area contributed by atoms with Crippen molar-refractivity contribution in [3.63, 3.8) is 0 Å². The van der Waals surface area contributed by atoms with Crippen molar-refractivity contribution in [2.75, 3.05) is 51.0 Å². The van der Waals surface area contributed by atoms with Gasteiger partial charge in [-0.15, -0.1) is 0 Å². The number of piperazine rings is 1. The number of benzene rings is 1. The average Bonchev–Trinajstić information content (AvgIpc) is 2.97. The third-order valence-electron chi connectivity index (χ3n) is 5.23. The van der Waals surface area contributed by atoms with E-state index in [2.05, 4.69) is 26.9 Å². The number of hydrogen-bond acceptors (Lipinski definition) is 7. The second-order valence-electron chi connectivity index (χ2n) is 6.92. The average molecular weight is 414 g/mol. The second-order valence-corrected chi connectivity index (χ2v) is 7.36. The van der Waals surface area contributed by atoms with E-state index >= 15 is 0 Å². The lowest BCUT2D eigenvalue weighted by molar-refractivity contribution is 0.315. The van der Waals surface area contributed by atoms with Gasteiger partial charge in [0.15, 0.2) is 11.5 Å². The van der Waals surface area contributed by atoms with Crippen LogP contribution in [0.2, 0.25) is 0 Å². The van der Waals surface area contributed by atoms with Crippen LogP contribution in [-0.2, 0) is 0 Å². The van der Waals surface area contributed by atoms with Crippen LogP contribution in [0.5, 0.6) is 11.5 Å². The summed E-state index contributed by atoms with van der Waals surface area (Å²) in [5, 5.41) is 1.51. The summed E-state index contributed by atoms with van der Waals surface area (Å²) in [5.74, 6) is 2.30. The minimum absolute atomic E-state index is 0.435. The van der Waals surface area contributed by atoms with Crippen LogP contribution >= 0.6 is 11.6 Å². The van der Waals surface area contributed by atoms with Gasteiger partial charge >= 0.3 is 0 Å². The van der Waals surface area contributed by atoms with Crippen molar-refractivity contribution in [3.05, 3.63) is 47.2 Å². The van der Waals surface area contributed by atoms with Crippen molar-refractivity contribution in [1.82, 2.24) is 14.9 Å². The summed E-state index contributed by atoms with van der Waals surface area (Å²) in [6.07, 6.45) is 8.96. The highest BCUT2D eigenvalue weighted by Gasteiger charge is 2.22. The van der Waals surface area contributed by atoms with Gasteiger partial charge in [0.05, 0.1) is 19.7 Å². The van der Waals surface area contributed by atoms with E-state index < -0.39 is 0 Å². The van der Waals surface area contributed by atoms with Gasteiger partial charge in [-0.1, -0.05) is 17.7 Å². The third-order valence-corrected chi connectivity index (χ3v) is 5.48. The van der Waals surface area contributed by atoms with Crippen LogP contribution in [-0.4, -0.2) is 55.3 Å². The number of fused-ring (bicyclic) bond motifs is 1. The minimum atomic E-state index is 0.435. The van der Waals surface area contributed by atoms with Gasteiger partial charge in [0.1, 0.15) is 5.82 Å². The van der Waals surface area contributed by atoms with Crippen molar-refractivity contribution >= 4 is 34.3 Å². The fourth-order valence-electron chi connectivity index (χ4n) is 3.63. The Morgan fingerprint density at radius 2 is 1.66 bits per heavy atom. The molecular weight excluding hydrogens is 390 g/mol. The molecule has 0 bridgehead atoms. The summed E-state index contributed by atoms with van der Waals surface area (Å²) in [6, 6.07) is 3.65. The smallest absolute Gasteiger partial charge is 0.228 e. The summed E-state index contributed by atoms with van der Waals surface area (Å²) in [5.41, 5.74) is 8.24. The summed E-state index contributed by atoms with van der Waals surface area (Å²) in [4.78, 5) is 13.8. The van der Waals surface area contributed by atoms with Crippen molar-refractivity contribution in [2.24, 2.45) is 0 Å². The topological polar surface area (TPSA) is 76.7 Å². The van der Waals surface area contributed by atoms with Crippen LogP contribution < -0.4 is 20.1 Å². The zero-order valence-corrected chi connectivity index (χ0v) is 17.3. The van der Waals surface area contributed by atoms with E-state index in [9.17, 15) is 0 Å². The molecule has 1 aliphatic heterocycles. The number of nitrogen functional groups attached to an aromatic ring is 1. The molecule has 1 fully saturated rings. The monoisotopic (exact) mass is 413 g/mol. The number of rotatable bonds is 4. The minimum Gasteiger partial charge on any atom is -0.493 e. The Bertz CT molecular complexity index is 1010. The Morgan fingerprint density at radius 3 is 2.38 bits per heavy atom. The van der Waals surface area contributed by atoms with E-state index in [1.807, 2.05) is 24.3 Å². The van der Waals surface area contributed by atoms with Crippen LogP contribution in [0.25, 0.3) is 10.9 Å². The van der Waals surface area contributed by atoms with E-state index in [1.54, 1.807) is 14.2 Å². The quantitative estimate of drug-likeness (QED) is 0.823. The molecule has 8 heteroatoms. The van der Waals surface area contributed by atoms with Crippen LogP contribution in [0, 0.1) is 0 Å². The molecule has 2 aromatic rings. The van der Waals surface area contributed by atoms with Gasteiger partial charge in [0.2, 0.25) is 5.95 Å². The molecule has 2 aliphatic rings. The second kappa shape index (κ2) is 8.21. The lowest BCUT2D eigenvalue weighted by Crippen LogP contribution is -2.46. The molecule has 7 nitrogen and oxygen atoms in total. The number of ether oxygens (including phenoxy) is 2. The molecule has 0 amide bonds. The summed E-state index contributed by atoms with van der Waals surface area (Å²) >= 11 is 6.09. The first-order valence-electron chi connectivity index (χ1n) is 9.51. The standard InChI is InChI=1S/C21H24ClN5O2/c1-28-18-12-16-17(13-19(18)29-2)24-21(25-20(16)23)27-10-8-26(9-11-27)15-5-3-4-14(22)6-7-15/h3-4,6-7,12-13H,5,8-11H2,1-2H3,(H2,23,24,25). The van der Waals surface area contributed by atoms with E-state index in [4.69, 9.17) is 31.8 Å². The van der Waals surface area contributed by atoms with Crippen molar-refractivity contribution in [3.8, 4) is 11.5 Å². The van der Waals surface area contributed by atoms with Gasteiger partial charge in [0, 0.05) is 54.8 Å². The van der Waals surface area contributed by atoms with Crippen LogP contribution in [0.4, 0.5) is 11.8 Å². The Kier molecular flexibility index (Phi) is 5.49. The van der Waals surface area contributed by atoms with Crippen molar-refractivity contribution in [1.29, 1.82) is 0 Å². The molecule has 0 saturated carbocycles. The Morgan fingerprint density at radius 1 is 0.966 bits per heavy atom. The van der Waals surface area contributed by atoms with Crippen LogP contribution in [0.1, 0.15) is 6.42 Å². The molecule has 0 spiro atoms. The first-order valence-corrected chi connectivity index (χ1v) is 9.89. The number of nitrogens with two attached hydrogens (primary N) is 1. The molecule has 152 valence electrons. The number of allylic oxidation sites excluding steroid dienone is 5. The predicted molar refractivity (Wildman–Crippen MR) is 117 cm³/mol. The van der Waals surface area contributed by atoms with E-state index in [0.29, 0.717) is 23.3 Å². The summed E-state index contributed by atoms with van der Waals surface area (Å²) < 4.78 is 10.8. The van der Waals surface area contributed by atoms with Gasteiger partial charge in [-0.2, -0.15) is 4.98 Å². The van der Waals surface area contributed by atoms with Crippen LogP contribution in [0.15, 0.2) is 47.2 Å². The van der Waals surface area contributed by atoms with Crippen LogP contribution in [0.3, 0.4) is 0 Å². The zero-order valence-electron chi connectivity index (χ0n) is 16.6. The summed E-state index contributed by atoms with van der Waals surface area (Å²) in [7, 11) is 3.20. The Balaban J connectivity index is 1.54. The van der Waals surface area contributed by atoms with Gasteiger partial charge in [0.25, 0.3) is 0 Å². The molecule has 0 unspecified atom stereocenters. The maximum Gasteiger partial charge on any atom is 0.228 e. The zero-order chi connectivity index (χ0) is 20.4. The van der Waals surface area contributed by atoms with Gasteiger partial charge in [-0.3, -0.25) is 0 Å². The molecule has 0 radical (unpaired) electrons. The van der Waals surface area contributed by atoms with Gasteiger partial charge in [-0.25, -0.2) is 4.98 Å². The Labute approximate surface area is 175 Å². The Hall–Kier alpha value is -2.93. The predicted octanol–water partition coefficient (Wildman–Crippen LogP) is 3.32. The number of methoxy groups -OCH3 is 2. The van der Waals surface area contributed by atoms with E-state index in [0.717, 1.165) is 48.5 Å². The highest BCUT2D eigenvalue weighted by Crippen LogP contribution is 2.34. The fraction of sp³-hybridized carbons (Fsp3) is 0.333. The first-order chi connectivity index (χ1) is 14.1. The molecule has 29 heavy (non-hydrogen) atoms. The maximum atomic E-state index is 6.23. The lowest BCUT2D eigenvalue weighted by atomic mass is 10.2. The largest absolute Gasteiger partial charge is 0.493 e. The number of aromatic nitrogens is 2. The number of halogens is 1. The molecule has 1 saturated heterocycles. The van der Waals surface area contributed by atoms with Crippen molar-refractivity contribution < 1.29 is 9.47 Å². The highest BCUT2D eigenvalue weighted by atomic mass is 35.5. The summed E-state index contributed by atoms with van der Waals surface area (Å²) in [6.45, 7) is 3.41. The molecule has 2 N–H and O–H groups in total. The number of hydrogen-bond donors (Lipinski definition) is 1. The lowest BCUT2D eigenvalue weighted by Gasteiger charge is -2.37. The molecule has 1 aromatic heterocycles. The molecule has 0 atom stereocenters. The molecule has 1 aliphatic carbocycles. The SMILES string of the molecule is COc1cc2nc(N3CCN(C4=CC=C(Cl)C=CC4)CC3)nc(N)c2cc1OC. The fourth-order valence-corrected chi connectivity index (χ4v) is 3.78. The highest BCUT2D eigenvalue weighted by molar-refractivity contribution is 6.31.